The summed E-state index contributed by atoms with van der Waals surface area (Å²) in [5.41, 5.74) is 2.20. The second-order valence-corrected chi connectivity index (χ2v) is 7.48. The molecule has 2 heterocycles. The number of unbranched alkanes of at least 4 members (excludes halogenated alkanes) is 1. The number of fused-ring (bicyclic) bond motifs is 1. The first kappa shape index (κ1) is 16.6. The maximum atomic E-state index is 13.1. The predicted octanol–water partition coefficient (Wildman–Crippen LogP) is 5.57. The molecule has 2 aromatic carbocycles. The molecule has 2 nitrogen and oxygen atoms in total. The molecule has 3 aromatic rings. The van der Waals surface area contributed by atoms with Gasteiger partial charge in [-0.3, -0.25) is 0 Å². The minimum atomic E-state index is -0.201. The number of thiophene rings is 1. The number of likely N-dealkylation sites (tertiary alicyclic amines) is 1. The van der Waals surface area contributed by atoms with Crippen LogP contribution in [0, 0.1) is 5.82 Å². The third-order valence-electron chi connectivity index (χ3n) is 4.79. The third-order valence-corrected chi connectivity index (χ3v) is 5.73. The van der Waals surface area contributed by atoms with Crippen LogP contribution in [-0.2, 0) is 0 Å². The average molecular weight is 355 g/mol. The number of benzene rings is 2. The van der Waals surface area contributed by atoms with Crippen LogP contribution in [0.2, 0.25) is 0 Å². The molecule has 0 amide bonds. The fourth-order valence-electron chi connectivity index (χ4n) is 3.18. The van der Waals surface area contributed by atoms with Gasteiger partial charge >= 0.3 is 0 Å². The van der Waals surface area contributed by atoms with Crippen molar-refractivity contribution in [3.05, 3.63) is 53.7 Å². The van der Waals surface area contributed by atoms with Crippen molar-refractivity contribution in [2.45, 2.75) is 19.3 Å². The van der Waals surface area contributed by atoms with Gasteiger partial charge in [-0.2, -0.15) is 0 Å². The van der Waals surface area contributed by atoms with Crippen molar-refractivity contribution in [1.82, 2.24) is 4.90 Å². The fraction of sp³-hybridized carbons (Fsp3) is 0.333. The van der Waals surface area contributed by atoms with Crippen LogP contribution in [0.5, 0.6) is 5.75 Å². The van der Waals surface area contributed by atoms with Crippen LogP contribution in [0.4, 0.5) is 4.39 Å². The number of nitrogens with zero attached hydrogens (tertiary/aromatic N) is 1. The van der Waals surface area contributed by atoms with E-state index in [0.717, 1.165) is 29.9 Å². The van der Waals surface area contributed by atoms with Crippen molar-refractivity contribution < 1.29 is 9.13 Å². The lowest BCUT2D eigenvalue weighted by molar-refractivity contribution is 0.173. The first-order chi connectivity index (χ1) is 12.3. The van der Waals surface area contributed by atoms with Gasteiger partial charge in [-0.05, 0) is 80.2 Å². The van der Waals surface area contributed by atoms with Gasteiger partial charge in [0.15, 0.2) is 0 Å². The minimum Gasteiger partial charge on any atom is -0.494 e. The van der Waals surface area contributed by atoms with Gasteiger partial charge in [-0.15, -0.1) is 11.3 Å². The summed E-state index contributed by atoms with van der Waals surface area (Å²) in [5, 5.41) is 3.33. The van der Waals surface area contributed by atoms with Gasteiger partial charge in [0, 0.05) is 15.6 Å². The molecule has 4 rings (SSSR count). The topological polar surface area (TPSA) is 12.5 Å². The molecule has 0 saturated carbocycles. The number of ether oxygens (including phenoxy) is 1. The van der Waals surface area contributed by atoms with E-state index in [1.165, 1.54) is 54.7 Å². The van der Waals surface area contributed by atoms with E-state index in [1.54, 1.807) is 11.3 Å². The number of rotatable bonds is 7. The molecule has 0 N–H and O–H groups in total. The van der Waals surface area contributed by atoms with E-state index >= 15 is 0 Å². The summed E-state index contributed by atoms with van der Waals surface area (Å²) in [6, 6.07) is 13.0. The SMILES string of the molecule is Fc1ccc(-c2csc3cc(OCCCCN4CCC4)ccc23)cc1. The van der Waals surface area contributed by atoms with Crippen molar-refractivity contribution >= 4 is 21.4 Å². The lowest BCUT2D eigenvalue weighted by Gasteiger charge is -2.30. The van der Waals surface area contributed by atoms with Crippen LogP contribution in [-0.4, -0.2) is 31.1 Å². The Balaban J connectivity index is 1.38. The molecule has 1 fully saturated rings. The first-order valence-corrected chi connectivity index (χ1v) is 9.80. The minimum absolute atomic E-state index is 0.201. The molecule has 0 spiro atoms. The molecule has 1 aromatic heterocycles. The van der Waals surface area contributed by atoms with Crippen LogP contribution in [0.3, 0.4) is 0 Å². The van der Waals surface area contributed by atoms with Gasteiger partial charge in [-0.25, -0.2) is 4.39 Å². The molecule has 0 aliphatic carbocycles. The Morgan fingerprint density at radius 3 is 2.64 bits per heavy atom. The maximum absolute atomic E-state index is 13.1. The second kappa shape index (κ2) is 7.54. The molecule has 1 aliphatic heterocycles. The zero-order chi connectivity index (χ0) is 17.1. The van der Waals surface area contributed by atoms with Crippen molar-refractivity contribution in [1.29, 1.82) is 0 Å². The Morgan fingerprint density at radius 1 is 1.04 bits per heavy atom. The van der Waals surface area contributed by atoms with E-state index in [-0.39, 0.29) is 5.82 Å². The molecule has 0 radical (unpaired) electrons. The average Bonchev–Trinajstić information content (AvgIpc) is 3.00. The summed E-state index contributed by atoms with van der Waals surface area (Å²) in [7, 11) is 0. The van der Waals surface area contributed by atoms with Gasteiger partial charge in [0.25, 0.3) is 0 Å². The Bertz CT molecular complexity index is 839. The Labute approximate surface area is 151 Å². The van der Waals surface area contributed by atoms with E-state index in [4.69, 9.17) is 4.74 Å². The fourth-order valence-corrected chi connectivity index (χ4v) is 4.18. The Kier molecular flexibility index (Phi) is 4.99. The number of halogens is 1. The van der Waals surface area contributed by atoms with Crippen LogP contribution in [0.15, 0.2) is 47.8 Å². The summed E-state index contributed by atoms with van der Waals surface area (Å²) in [6.45, 7) is 4.52. The molecule has 0 unspecified atom stereocenters. The van der Waals surface area contributed by atoms with E-state index < -0.39 is 0 Å². The van der Waals surface area contributed by atoms with Gasteiger partial charge in [0.1, 0.15) is 11.6 Å². The molecule has 130 valence electrons. The van der Waals surface area contributed by atoms with Gasteiger partial charge in [0.2, 0.25) is 0 Å². The second-order valence-electron chi connectivity index (χ2n) is 6.56. The lowest BCUT2D eigenvalue weighted by Crippen LogP contribution is -2.37. The summed E-state index contributed by atoms with van der Waals surface area (Å²) in [4.78, 5) is 2.49. The third kappa shape index (κ3) is 3.86. The van der Waals surface area contributed by atoms with Gasteiger partial charge < -0.3 is 9.64 Å². The van der Waals surface area contributed by atoms with E-state index in [1.807, 2.05) is 18.2 Å². The smallest absolute Gasteiger partial charge is 0.123 e. The number of hydrogen-bond donors (Lipinski definition) is 0. The summed E-state index contributed by atoms with van der Waals surface area (Å²) in [6.07, 6.45) is 3.66. The zero-order valence-corrected chi connectivity index (χ0v) is 15.0. The highest BCUT2D eigenvalue weighted by Crippen LogP contribution is 2.36. The zero-order valence-electron chi connectivity index (χ0n) is 14.2. The molecule has 25 heavy (non-hydrogen) atoms. The Morgan fingerprint density at radius 2 is 1.88 bits per heavy atom. The highest BCUT2D eigenvalue weighted by Gasteiger charge is 2.12. The van der Waals surface area contributed by atoms with Crippen LogP contribution in [0.1, 0.15) is 19.3 Å². The largest absolute Gasteiger partial charge is 0.494 e. The molecular formula is C21H22FNOS. The molecule has 4 heteroatoms. The summed E-state index contributed by atoms with van der Waals surface area (Å²) < 4.78 is 20.2. The normalized spacial score (nSPS) is 14.6. The Hall–Kier alpha value is -1.91. The summed E-state index contributed by atoms with van der Waals surface area (Å²) in [5.74, 6) is 0.733. The molecular weight excluding hydrogens is 333 g/mol. The quantitative estimate of drug-likeness (QED) is 0.514. The van der Waals surface area contributed by atoms with Crippen molar-refractivity contribution in [3.8, 4) is 16.9 Å². The van der Waals surface area contributed by atoms with Crippen molar-refractivity contribution in [2.24, 2.45) is 0 Å². The highest BCUT2D eigenvalue weighted by atomic mass is 32.1. The van der Waals surface area contributed by atoms with Crippen LogP contribution in [0.25, 0.3) is 21.2 Å². The van der Waals surface area contributed by atoms with Gasteiger partial charge in [-0.1, -0.05) is 12.1 Å². The van der Waals surface area contributed by atoms with E-state index in [2.05, 4.69) is 22.4 Å². The molecule has 1 aliphatic rings. The maximum Gasteiger partial charge on any atom is 0.123 e. The van der Waals surface area contributed by atoms with Crippen molar-refractivity contribution in [3.63, 3.8) is 0 Å². The van der Waals surface area contributed by atoms with Crippen LogP contribution < -0.4 is 4.74 Å². The van der Waals surface area contributed by atoms with Gasteiger partial charge in [0.05, 0.1) is 6.61 Å². The molecule has 0 bridgehead atoms. The monoisotopic (exact) mass is 355 g/mol. The number of hydrogen-bond acceptors (Lipinski definition) is 3. The molecule has 1 saturated heterocycles. The molecule has 0 atom stereocenters. The highest BCUT2D eigenvalue weighted by molar-refractivity contribution is 7.17. The van der Waals surface area contributed by atoms with Crippen molar-refractivity contribution in [2.75, 3.05) is 26.2 Å². The first-order valence-electron chi connectivity index (χ1n) is 8.92. The van der Waals surface area contributed by atoms with E-state index in [0.29, 0.717) is 0 Å². The van der Waals surface area contributed by atoms with Crippen LogP contribution >= 0.6 is 11.3 Å². The predicted molar refractivity (Wildman–Crippen MR) is 103 cm³/mol. The lowest BCUT2D eigenvalue weighted by atomic mass is 10.0. The van der Waals surface area contributed by atoms with E-state index in [9.17, 15) is 4.39 Å². The standard InChI is InChI=1S/C21H22FNOS/c22-17-6-4-16(5-7-17)20-15-25-21-14-18(8-9-19(20)21)24-13-2-1-10-23-11-3-12-23/h4-9,14-15H,1-3,10-13H2. The summed E-state index contributed by atoms with van der Waals surface area (Å²) >= 11 is 1.70.